The average molecular weight is 371 g/mol. The first-order valence-electron chi connectivity index (χ1n) is 8.40. The summed E-state index contributed by atoms with van der Waals surface area (Å²) in [6.07, 6.45) is -0.950. The highest BCUT2D eigenvalue weighted by Crippen LogP contribution is 2.33. The molecule has 2 heterocycles. The predicted molar refractivity (Wildman–Crippen MR) is 96.1 cm³/mol. The van der Waals surface area contributed by atoms with E-state index in [1.165, 1.54) is 12.1 Å². The molecule has 27 heavy (non-hydrogen) atoms. The zero-order valence-electron chi connectivity index (χ0n) is 14.7. The van der Waals surface area contributed by atoms with E-state index in [1.54, 1.807) is 18.5 Å². The zero-order valence-corrected chi connectivity index (χ0v) is 14.7. The van der Waals surface area contributed by atoms with Crippen molar-refractivity contribution in [1.82, 2.24) is 9.97 Å². The lowest BCUT2D eigenvalue weighted by Crippen LogP contribution is -2.29. The Morgan fingerprint density at radius 3 is 2.44 bits per heavy atom. The maximum atomic E-state index is 12.6. The summed E-state index contributed by atoms with van der Waals surface area (Å²) in [4.78, 5) is 13.4. The first-order chi connectivity index (χ1) is 12.7. The number of fused-ring (bicyclic) bond motifs is 2. The van der Waals surface area contributed by atoms with Crippen LogP contribution in [0.1, 0.15) is 30.5 Å². The van der Waals surface area contributed by atoms with E-state index < -0.39 is 11.9 Å². The minimum Gasteiger partial charge on any atom is -0.406 e. The molecule has 0 amide bonds. The van der Waals surface area contributed by atoms with E-state index in [4.69, 9.17) is 4.99 Å². The van der Waals surface area contributed by atoms with Gasteiger partial charge in [0.05, 0.1) is 22.3 Å². The third kappa shape index (κ3) is 3.63. The second kappa shape index (κ2) is 6.04. The second-order valence-corrected chi connectivity index (χ2v) is 7.08. The Morgan fingerprint density at radius 1 is 0.963 bits per heavy atom. The van der Waals surface area contributed by atoms with E-state index in [2.05, 4.69) is 14.7 Å². The third-order valence-electron chi connectivity index (χ3n) is 4.35. The molecule has 1 aliphatic heterocycles. The van der Waals surface area contributed by atoms with Crippen molar-refractivity contribution in [2.45, 2.75) is 32.2 Å². The number of ether oxygens (including phenoxy) is 1. The monoisotopic (exact) mass is 371 g/mol. The lowest BCUT2D eigenvalue weighted by molar-refractivity contribution is -0.274. The van der Waals surface area contributed by atoms with Crippen molar-refractivity contribution < 1.29 is 17.9 Å². The molecule has 0 spiro atoms. The molecule has 0 fully saturated rings. The summed E-state index contributed by atoms with van der Waals surface area (Å²) in [5.41, 5.74) is 4.20. The van der Waals surface area contributed by atoms with Gasteiger partial charge in [0.25, 0.3) is 0 Å². The van der Waals surface area contributed by atoms with Crippen molar-refractivity contribution in [2.24, 2.45) is 4.99 Å². The summed E-state index contributed by atoms with van der Waals surface area (Å²) in [5, 5.41) is 0. The number of alkyl halides is 3. The fourth-order valence-electron chi connectivity index (χ4n) is 3.34. The van der Waals surface area contributed by atoms with Crippen LogP contribution in [0.5, 0.6) is 5.75 Å². The van der Waals surface area contributed by atoms with E-state index in [0.29, 0.717) is 6.42 Å². The van der Waals surface area contributed by atoms with Crippen LogP contribution >= 0.6 is 0 Å². The molecular weight excluding hydrogens is 355 g/mol. The van der Waals surface area contributed by atoms with Crippen LogP contribution in [-0.4, -0.2) is 27.6 Å². The second-order valence-electron chi connectivity index (χ2n) is 7.08. The third-order valence-corrected chi connectivity index (χ3v) is 4.35. The molecule has 0 unspecified atom stereocenters. The highest BCUT2D eigenvalue weighted by atomic mass is 19.4. The Hall–Kier alpha value is -2.96. The fraction of sp³-hybridized carbons (Fsp3) is 0.250. The Morgan fingerprint density at radius 2 is 1.70 bits per heavy atom. The van der Waals surface area contributed by atoms with Gasteiger partial charge in [-0.3, -0.25) is 15.0 Å². The van der Waals surface area contributed by atoms with Crippen LogP contribution in [0.3, 0.4) is 0 Å². The zero-order chi connectivity index (χ0) is 19.2. The van der Waals surface area contributed by atoms with Crippen LogP contribution in [0.15, 0.2) is 53.8 Å². The molecule has 1 aromatic heterocycles. The molecule has 0 radical (unpaired) electrons. The molecule has 0 bridgehead atoms. The molecule has 2 aromatic carbocycles. The molecule has 1 aliphatic rings. The number of benzene rings is 2. The van der Waals surface area contributed by atoms with Gasteiger partial charge in [0.2, 0.25) is 0 Å². The summed E-state index contributed by atoms with van der Waals surface area (Å²) >= 11 is 0. The quantitative estimate of drug-likeness (QED) is 0.656. The number of rotatable bonds is 2. The SMILES string of the molecule is CC1(C)Cc2cc(OC(F)(F)F)ccc2C(c2ccc3nccnc3c2)=N1. The summed E-state index contributed by atoms with van der Waals surface area (Å²) in [5.74, 6) is -0.220. The molecule has 0 atom stereocenters. The molecule has 138 valence electrons. The van der Waals surface area contributed by atoms with Gasteiger partial charge < -0.3 is 4.74 Å². The van der Waals surface area contributed by atoms with Crippen LogP contribution < -0.4 is 4.74 Å². The molecule has 0 saturated heterocycles. The van der Waals surface area contributed by atoms with Gasteiger partial charge >= 0.3 is 6.36 Å². The highest BCUT2D eigenvalue weighted by molar-refractivity contribution is 6.15. The number of aromatic nitrogens is 2. The minimum atomic E-state index is -4.72. The predicted octanol–water partition coefficient (Wildman–Crippen LogP) is 4.70. The number of aliphatic imine (C=N–C) groups is 1. The highest BCUT2D eigenvalue weighted by Gasteiger charge is 2.33. The molecule has 0 N–H and O–H groups in total. The Balaban J connectivity index is 1.82. The van der Waals surface area contributed by atoms with E-state index in [1.807, 2.05) is 32.0 Å². The largest absolute Gasteiger partial charge is 0.573 e. The van der Waals surface area contributed by atoms with Crippen molar-refractivity contribution in [3.05, 3.63) is 65.5 Å². The van der Waals surface area contributed by atoms with Gasteiger partial charge in [-0.2, -0.15) is 0 Å². The van der Waals surface area contributed by atoms with E-state index in [0.717, 1.165) is 33.4 Å². The average Bonchev–Trinajstić information content (AvgIpc) is 2.58. The van der Waals surface area contributed by atoms with E-state index in [9.17, 15) is 13.2 Å². The number of hydrogen-bond donors (Lipinski definition) is 0. The van der Waals surface area contributed by atoms with Crippen LogP contribution in [0.2, 0.25) is 0 Å². The molecule has 4 rings (SSSR count). The van der Waals surface area contributed by atoms with E-state index in [-0.39, 0.29) is 5.75 Å². The van der Waals surface area contributed by atoms with Gasteiger partial charge in [0.1, 0.15) is 5.75 Å². The van der Waals surface area contributed by atoms with Crippen molar-refractivity contribution in [1.29, 1.82) is 0 Å². The first-order valence-corrected chi connectivity index (χ1v) is 8.40. The smallest absolute Gasteiger partial charge is 0.406 e. The molecule has 7 heteroatoms. The maximum Gasteiger partial charge on any atom is 0.573 e. The number of nitrogens with zero attached hydrogens (tertiary/aromatic N) is 3. The first kappa shape index (κ1) is 17.5. The Labute approximate surface area is 153 Å². The van der Waals surface area contributed by atoms with Crippen LogP contribution in [-0.2, 0) is 6.42 Å². The van der Waals surface area contributed by atoms with Crippen LogP contribution in [0.4, 0.5) is 13.2 Å². The lowest BCUT2D eigenvalue weighted by atomic mass is 9.85. The van der Waals surface area contributed by atoms with Gasteiger partial charge in [-0.05, 0) is 56.2 Å². The van der Waals surface area contributed by atoms with Crippen molar-refractivity contribution >= 4 is 16.7 Å². The summed E-state index contributed by atoms with van der Waals surface area (Å²) in [6, 6.07) is 10.1. The van der Waals surface area contributed by atoms with Crippen LogP contribution in [0, 0.1) is 0 Å². The minimum absolute atomic E-state index is 0.220. The number of halogens is 3. The van der Waals surface area contributed by atoms with Gasteiger partial charge in [0, 0.05) is 23.5 Å². The molecule has 4 nitrogen and oxygen atoms in total. The van der Waals surface area contributed by atoms with Gasteiger partial charge in [0.15, 0.2) is 0 Å². The van der Waals surface area contributed by atoms with Crippen molar-refractivity contribution in [3.8, 4) is 5.75 Å². The van der Waals surface area contributed by atoms with Crippen molar-refractivity contribution in [3.63, 3.8) is 0 Å². The fourth-order valence-corrected chi connectivity index (χ4v) is 3.34. The summed E-state index contributed by atoms with van der Waals surface area (Å²) < 4.78 is 41.7. The topological polar surface area (TPSA) is 47.4 Å². The number of hydrogen-bond acceptors (Lipinski definition) is 4. The maximum absolute atomic E-state index is 12.6. The Bertz CT molecular complexity index is 1060. The van der Waals surface area contributed by atoms with Gasteiger partial charge in [-0.1, -0.05) is 6.07 Å². The van der Waals surface area contributed by atoms with Gasteiger partial charge in [-0.25, -0.2) is 0 Å². The standard InChI is InChI=1S/C20H16F3N3O/c1-19(2)11-13-9-14(27-20(21,22)23)4-5-15(13)18(26-19)12-3-6-16-17(10-12)25-8-7-24-16/h3-10H,11H2,1-2H3. The normalized spacial score (nSPS) is 16.0. The Kier molecular flexibility index (Phi) is 3.91. The lowest BCUT2D eigenvalue weighted by Gasteiger charge is -2.29. The van der Waals surface area contributed by atoms with Crippen LogP contribution in [0.25, 0.3) is 11.0 Å². The molecule has 0 aliphatic carbocycles. The molecular formula is C20H16F3N3O. The van der Waals surface area contributed by atoms with E-state index >= 15 is 0 Å². The van der Waals surface area contributed by atoms with Gasteiger partial charge in [-0.15, -0.1) is 13.2 Å². The molecule has 0 saturated carbocycles. The molecule has 3 aromatic rings. The summed E-state index contributed by atoms with van der Waals surface area (Å²) in [6.45, 7) is 3.90. The van der Waals surface area contributed by atoms with Crippen molar-refractivity contribution in [2.75, 3.05) is 0 Å². The summed E-state index contributed by atoms with van der Waals surface area (Å²) in [7, 11) is 0.